The van der Waals surface area contributed by atoms with E-state index < -0.39 is 6.17 Å². The molecule has 1 atom stereocenters. The van der Waals surface area contributed by atoms with E-state index in [0.29, 0.717) is 5.70 Å². The van der Waals surface area contributed by atoms with Crippen molar-refractivity contribution in [3.8, 4) is 0 Å². The van der Waals surface area contributed by atoms with Gasteiger partial charge in [-0.15, -0.1) is 0 Å². The molecule has 0 amide bonds. The number of allylic oxidation sites excluding steroid dienone is 2. The Morgan fingerprint density at radius 3 is 2.30 bits per heavy atom. The van der Waals surface area contributed by atoms with Crippen LogP contribution in [0.3, 0.4) is 0 Å². The minimum atomic E-state index is -1.10. The SMILES string of the molecule is CN/C(=C\C(C)=O)C(C)F. The first-order chi connectivity index (χ1) is 4.57. The zero-order valence-corrected chi connectivity index (χ0v) is 6.44. The fraction of sp³-hybridized carbons (Fsp3) is 0.571. The summed E-state index contributed by atoms with van der Waals surface area (Å²) in [5.74, 6) is -0.145. The van der Waals surface area contributed by atoms with Crippen LogP contribution in [-0.2, 0) is 4.79 Å². The lowest BCUT2D eigenvalue weighted by molar-refractivity contribution is -0.112. The minimum absolute atomic E-state index is 0.145. The van der Waals surface area contributed by atoms with E-state index in [-0.39, 0.29) is 5.78 Å². The van der Waals surface area contributed by atoms with Gasteiger partial charge in [0.2, 0.25) is 0 Å². The van der Waals surface area contributed by atoms with Gasteiger partial charge in [-0.1, -0.05) is 0 Å². The number of alkyl halides is 1. The maximum atomic E-state index is 12.4. The molecule has 0 bridgehead atoms. The summed E-state index contributed by atoms with van der Waals surface area (Å²) in [5.41, 5.74) is 0.326. The van der Waals surface area contributed by atoms with E-state index in [4.69, 9.17) is 0 Å². The van der Waals surface area contributed by atoms with Gasteiger partial charge in [0, 0.05) is 18.8 Å². The highest BCUT2D eigenvalue weighted by Crippen LogP contribution is 2.00. The molecule has 0 aliphatic heterocycles. The third-order valence-corrected chi connectivity index (χ3v) is 1.08. The van der Waals surface area contributed by atoms with Crippen molar-refractivity contribution in [2.24, 2.45) is 0 Å². The largest absolute Gasteiger partial charge is 0.389 e. The normalized spacial score (nSPS) is 14.6. The lowest BCUT2D eigenvalue weighted by Crippen LogP contribution is -2.15. The van der Waals surface area contributed by atoms with Crippen molar-refractivity contribution in [3.63, 3.8) is 0 Å². The third-order valence-electron chi connectivity index (χ3n) is 1.08. The number of halogens is 1. The van der Waals surface area contributed by atoms with Crippen LogP contribution in [0, 0.1) is 0 Å². The molecule has 0 aromatic carbocycles. The summed E-state index contributed by atoms with van der Waals surface area (Å²) in [7, 11) is 1.59. The standard InChI is InChI=1S/C7H12FNO/c1-5(10)4-7(9-3)6(2)8/h4,6,9H,1-3H3/b7-4-. The van der Waals surface area contributed by atoms with Crippen LogP contribution < -0.4 is 5.32 Å². The second kappa shape index (κ2) is 4.04. The van der Waals surface area contributed by atoms with Crippen molar-refractivity contribution in [2.75, 3.05) is 7.05 Å². The van der Waals surface area contributed by atoms with Gasteiger partial charge < -0.3 is 5.32 Å². The lowest BCUT2D eigenvalue weighted by atomic mass is 10.2. The highest BCUT2D eigenvalue weighted by molar-refractivity contribution is 5.87. The van der Waals surface area contributed by atoms with Crippen molar-refractivity contribution < 1.29 is 9.18 Å². The molecular weight excluding hydrogens is 133 g/mol. The highest BCUT2D eigenvalue weighted by Gasteiger charge is 2.03. The molecule has 0 heterocycles. The second-order valence-corrected chi connectivity index (χ2v) is 2.08. The minimum Gasteiger partial charge on any atom is -0.389 e. The maximum Gasteiger partial charge on any atom is 0.154 e. The van der Waals surface area contributed by atoms with Crippen LogP contribution >= 0.6 is 0 Å². The molecule has 2 nitrogen and oxygen atoms in total. The molecule has 1 unspecified atom stereocenters. The molecule has 0 fully saturated rings. The molecule has 0 aromatic rings. The fourth-order valence-corrected chi connectivity index (χ4v) is 0.605. The number of carbonyl (C=O) groups is 1. The average molecular weight is 145 g/mol. The zero-order chi connectivity index (χ0) is 8.15. The van der Waals surface area contributed by atoms with Crippen molar-refractivity contribution in [1.82, 2.24) is 5.32 Å². The van der Waals surface area contributed by atoms with E-state index in [1.807, 2.05) is 0 Å². The van der Waals surface area contributed by atoms with Gasteiger partial charge in [0.15, 0.2) is 5.78 Å². The Hall–Kier alpha value is -0.860. The van der Waals surface area contributed by atoms with Crippen LogP contribution in [0.25, 0.3) is 0 Å². The lowest BCUT2D eigenvalue weighted by Gasteiger charge is -2.05. The zero-order valence-electron chi connectivity index (χ0n) is 6.44. The van der Waals surface area contributed by atoms with Crippen molar-refractivity contribution >= 4 is 5.78 Å². The second-order valence-electron chi connectivity index (χ2n) is 2.08. The summed E-state index contributed by atoms with van der Waals surface area (Å²) in [6, 6.07) is 0. The van der Waals surface area contributed by atoms with Crippen LogP contribution in [0.1, 0.15) is 13.8 Å². The number of hydrogen-bond donors (Lipinski definition) is 1. The quantitative estimate of drug-likeness (QED) is 0.601. The van der Waals surface area contributed by atoms with Crippen LogP contribution in [0.4, 0.5) is 4.39 Å². The summed E-state index contributed by atoms with van der Waals surface area (Å²) >= 11 is 0. The average Bonchev–Trinajstić information content (AvgIpc) is 1.81. The van der Waals surface area contributed by atoms with E-state index in [1.54, 1.807) is 7.05 Å². The van der Waals surface area contributed by atoms with Crippen LogP contribution in [0.15, 0.2) is 11.8 Å². The molecule has 0 saturated carbocycles. The molecule has 0 aromatic heterocycles. The van der Waals surface area contributed by atoms with Gasteiger partial charge in [0.25, 0.3) is 0 Å². The van der Waals surface area contributed by atoms with Crippen LogP contribution in [0.5, 0.6) is 0 Å². The molecule has 1 N–H and O–H groups in total. The molecule has 0 saturated heterocycles. The van der Waals surface area contributed by atoms with Gasteiger partial charge in [-0.05, 0) is 13.8 Å². The molecule has 10 heavy (non-hydrogen) atoms. The Kier molecular flexibility index (Phi) is 3.69. The van der Waals surface area contributed by atoms with Crippen molar-refractivity contribution in [3.05, 3.63) is 11.8 Å². The molecule has 0 aliphatic carbocycles. The van der Waals surface area contributed by atoms with Crippen molar-refractivity contribution in [2.45, 2.75) is 20.0 Å². The number of carbonyl (C=O) groups excluding carboxylic acids is 1. The van der Waals surface area contributed by atoms with Gasteiger partial charge >= 0.3 is 0 Å². The third kappa shape index (κ3) is 3.22. The van der Waals surface area contributed by atoms with E-state index in [9.17, 15) is 9.18 Å². The summed E-state index contributed by atoms with van der Waals surface area (Å²) in [4.78, 5) is 10.4. The van der Waals surface area contributed by atoms with Gasteiger partial charge in [0.1, 0.15) is 6.17 Å². The number of ketones is 1. The Morgan fingerprint density at radius 1 is 1.70 bits per heavy atom. The number of nitrogens with one attached hydrogen (secondary N) is 1. The van der Waals surface area contributed by atoms with E-state index in [1.165, 1.54) is 19.9 Å². The molecule has 0 rings (SSSR count). The van der Waals surface area contributed by atoms with E-state index >= 15 is 0 Å². The fourth-order valence-electron chi connectivity index (χ4n) is 0.605. The van der Waals surface area contributed by atoms with Gasteiger partial charge in [0.05, 0.1) is 0 Å². The summed E-state index contributed by atoms with van der Waals surface area (Å²) in [6.45, 7) is 2.77. The predicted octanol–water partition coefficient (Wildman–Crippen LogP) is 1.04. The van der Waals surface area contributed by atoms with Gasteiger partial charge in [-0.25, -0.2) is 4.39 Å². The number of rotatable bonds is 3. The Morgan fingerprint density at radius 2 is 2.20 bits per heavy atom. The molecular formula is C7H12FNO. The van der Waals surface area contributed by atoms with Gasteiger partial charge in [-0.3, -0.25) is 4.79 Å². The molecule has 0 aliphatic rings. The first-order valence-corrected chi connectivity index (χ1v) is 3.12. The summed E-state index contributed by atoms with van der Waals surface area (Å²) < 4.78 is 12.4. The summed E-state index contributed by atoms with van der Waals surface area (Å²) in [6.07, 6.45) is 0.152. The Balaban J connectivity index is 4.18. The first-order valence-electron chi connectivity index (χ1n) is 3.12. The number of hydrogen-bond acceptors (Lipinski definition) is 2. The van der Waals surface area contributed by atoms with E-state index in [0.717, 1.165) is 0 Å². The Bertz CT molecular complexity index is 152. The monoisotopic (exact) mass is 145 g/mol. The van der Waals surface area contributed by atoms with Crippen LogP contribution in [-0.4, -0.2) is 19.0 Å². The van der Waals surface area contributed by atoms with Gasteiger partial charge in [-0.2, -0.15) is 0 Å². The maximum absolute atomic E-state index is 12.4. The Labute approximate surface area is 60.1 Å². The molecule has 3 heteroatoms. The predicted molar refractivity (Wildman–Crippen MR) is 38.4 cm³/mol. The molecule has 0 spiro atoms. The molecule has 58 valence electrons. The van der Waals surface area contributed by atoms with Crippen molar-refractivity contribution in [1.29, 1.82) is 0 Å². The first kappa shape index (κ1) is 9.14. The van der Waals surface area contributed by atoms with Crippen LogP contribution in [0.2, 0.25) is 0 Å². The molecule has 0 radical (unpaired) electrons. The van der Waals surface area contributed by atoms with E-state index in [2.05, 4.69) is 5.32 Å². The topological polar surface area (TPSA) is 29.1 Å². The smallest absolute Gasteiger partial charge is 0.154 e. The highest BCUT2D eigenvalue weighted by atomic mass is 19.1. The summed E-state index contributed by atoms with van der Waals surface area (Å²) in [5, 5.41) is 2.60.